The number of benzene rings is 2. The van der Waals surface area contributed by atoms with Gasteiger partial charge in [-0.15, -0.1) is 0 Å². The van der Waals surface area contributed by atoms with E-state index in [2.05, 4.69) is 4.98 Å². The zero-order chi connectivity index (χ0) is 15.6. The number of nitrogens with zero attached hydrogens (tertiary/aromatic N) is 1. The number of para-hydroxylation sites is 2. The highest BCUT2D eigenvalue weighted by Crippen LogP contribution is 2.49. The summed E-state index contributed by atoms with van der Waals surface area (Å²) in [5.74, 6) is 0.564. The smallest absolute Gasteiger partial charge is 0.334 e. The predicted molar refractivity (Wildman–Crippen MR) is 84.8 cm³/mol. The molecule has 0 fully saturated rings. The summed E-state index contributed by atoms with van der Waals surface area (Å²) in [5, 5.41) is 0. The van der Waals surface area contributed by atoms with Crippen molar-refractivity contribution in [3.8, 4) is 11.5 Å². The Kier molecular flexibility index (Phi) is 4.12. The van der Waals surface area contributed by atoms with Crippen LogP contribution in [0.25, 0.3) is 22.6 Å². The SMILES string of the molecule is COP(=O)(Cc1ccc(-c2nc3ccccc3o2)cc1)OC. The zero-order valence-electron chi connectivity index (χ0n) is 12.4. The van der Waals surface area contributed by atoms with Gasteiger partial charge in [0.15, 0.2) is 5.58 Å². The van der Waals surface area contributed by atoms with E-state index in [9.17, 15) is 4.57 Å². The van der Waals surface area contributed by atoms with Crippen LogP contribution in [0.15, 0.2) is 52.9 Å². The van der Waals surface area contributed by atoms with Crippen LogP contribution in [0.5, 0.6) is 0 Å². The zero-order valence-corrected chi connectivity index (χ0v) is 13.2. The largest absolute Gasteiger partial charge is 0.436 e. The molecule has 0 N–H and O–H groups in total. The lowest BCUT2D eigenvalue weighted by molar-refractivity contribution is 0.275. The maximum absolute atomic E-state index is 12.1. The summed E-state index contributed by atoms with van der Waals surface area (Å²) < 4.78 is 27.7. The Morgan fingerprint density at radius 2 is 1.73 bits per heavy atom. The van der Waals surface area contributed by atoms with E-state index in [-0.39, 0.29) is 6.16 Å². The normalized spacial score (nSPS) is 11.9. The molecule has 0 saturated carbocycles. The maximum Gasteiger partial charge on any atom is 0.334 e. The Bertz CT molecular complexity index is 785. The van der Waals surface area contributed by atoms with Crippen LogP contribution in [0.4, 0.5) is 0 Å². The van der Waals surface area contributed by atoms with Gasteiger partial charge in [-0.1, -0.05) is 24.3 Å². The molecule has 3 aromatic rings. The van der Waals surface area contributed by atoms with Gasteiger partial charge >= 0.3 is 7.60 Å². The molecule has 0 amide bonds. The van der Waals surface area contributed by atoms with E-state index in [4.69, 9.17) is 13.5 Å². The Morgan fingerprint density at radius 1 is 1.05 bits per heavy atom. The highest BCUT2D eigenvalue weighted by atomic mass is 31.2. The Hall–Kier alpha value is -1.94. The second kappa shape index (κ2) is 6.05. The van der Waals surface area contributed by atoms with E-state index in [0.717, 1.165) is 22.2 Å². The van der Waals surface area contributed by atoms with Crippen molar-refractivity contribution in [3.63, 3.8) is 0 Å². The summed E-state index contributed by atoms with van der Waals surface area (Å²) in [6, 6.07) is 15.1. The third-order valence-corrected chi connectivity index (χ3v) is 5.29. The second-order valence-electron chi connectivity index (χ2n) is 4.82. The Morgan fingerprint density at radius 3 is 2.36 bits per heavy atom. The van der Waals surface area contributed by atoms with Crippen molar-refractivity contribution in [2.45, 2.75) is 6.16 Å². The number of rotatable bonds is 5. The van der Waals surface area contributed by atoms with E-state index in [1.807, 2.05) is 48.5 Å². The lowest BCUT2D eigenvalue weighted by Crippen LogP contribution is -1.93. The summed E-state index contributed by atoms with van der Waals surface area (Å²) in [6.45, 7) is 0. The summed E-state index contributed by atoms with van der Waals surface area (Å²) in [7, 11) is -0.281. The predicted octanol–water partition coefficient (Wildman–Crippen LogP) is 4.48. The van der Waals surface area contributed by atoms with Gasteiger partial charge in [-0.05, 0) is 29.8 Å². The first kappa shape index (κ1) is 15.0. The van der Waals surface area contributed by atoms with E-state index in [0.29, 0.717) is 5.89 Å². The van der Waals surface area contributed by atoms with Gasteiger partial charge in [-0.2, -0.15) is 0 Å². The van der Waals surface area contributed by atoms with Crippen molar-refractivity contribution < 1.29 is 18.0 Å². The van der Waals surface area contributed by atoms with Crippen molar-refractivity contribution in [3.05, 3.63) is 54.1 Å². The lowest BCUT2D eigenvalue weighted by Gasteiger charge is -2.13. The van der Waals surface area contributed by atoms with Crippen molar-refractivity contribution in [1.82, 2.24) is 4.98 Å². The van der Waals surface area contributed by atoms with Crippen LogP contribution < -0.4 is 0 Å². The van der Waals surface area contributed by atoms with Gasteiger partial charge in [0, 0.05) is 19.8 Å². The third-order valence-electron chi connectivity index (χ3n) is 3.43. The number of oxazole rings is 1. The molecular formula is C16H16NO4P. The Balaban J connectivity index is 1.86. The first-order valence-electron chi connectivity index (χ1n) is 6.79. The van der Waals surface area contributed by atoms with Crippen molar-refractivity contribution in [2.24, 2.45) is 0 Å². The van der Waals surface area contributed by atoms with Crippen LogP contribution in [0.3, 0.4) is 0 Å². The van der Waals surface area contributed by atoms with E-state index >= 15 is 0 Å². The van der Waals surface area contributed by atoms with Crippen LogP contribution in [0, 0.1) is 0 Å². The molecule has 0 aliphatic heterocycles. The topological polar surface area (TPSA) is 61.6 Å². The van der Waals surface area contributed by atoms with Crippen LogP contribution in [0.1, 0.15) is 5.56 Å². The molecule has 1 aromatic heterocycles. The van der Waals surface area contributed by atoms with Gasteiger partial charge < -0.3 is 13.5 Å². The van der Waals surface area contributed by atoms with Gasteiger partial charge in [-0.25, -0.2) is 4.98 Å². The maximum atomic E-state index is 12.1. The third kappa shape index (κ3) is 2.97. The monoisotopic (exact) mass is 317 g/mol. The number of hydrogen-bond acceptors (Lipinski definition) is 5. The van der Waals surface area contributed by atoms with Crippen LogP contribution in [-0.4, -0.2) is 19.2 Å². The minimum Gasteiger partial charge on any atom is -0.436 e. The fourth-order valence-electron chi connectivity index (χ4n) is 2.18. The molecule has 0 spiro atoms. The van der Waals surface area contributed by atoms with E-state index < -0.39 is 7.60 Å². The minimum atomic E-state index is -3.05. The first-order valence-corrected chi connectivity index (χ1v) is 8.52. The highest BCUT2D eigenvalue weighted by molar-refractivity contribution is 7.52. The molecule has 0 atom stereocenters. The molecule has 2 aromatic carbocycles. The average molecular weight is 317 g/mol. The lowest BCUT2D eigenvalue weighted by atomic mass is 10.1. The van der Waals surface area contributed by atoms with Crippen molar-refractivity contribution in [2.75, 3.05) is 14.2 Å². The number of aromatic nitrogens is 1. The second-order valence-corrected chi connectivity index (χ2v) is 7.09. The molecule has 22 heavy (non-hydrogen) atoms. The molecule has 3 rings (SSSR count). The molecule has 0 unspecified atom stereocenters. The molecule has 0 saturated heterocycles. The highest BCUT2D eigenvalue weighted by Gasteiger charge is 2.21. The number of hydrogen-bond donors (Lipinski definition) is 0. The van der Waals surface area contributed by atoms with Crippen LogP contribution in [-0.2, 0) is 19.8 Å². The Labute approximate surface area is 128 Å². The van der Waals surface area contributed by atoms with Gasteiger partial charge in [0.25, 0.3) is 0 Å². The summed E-state index contributed by atoms with van der Waals surface area (Å²) >= 11 is 0. The molecule has 0 bridgehead atoms. The molecule has 0 aliphatic carbocycles. The van der Waals surface area contributed by atoms with E-state index in [1.54, 1.807) is 0 Å². The summed E-state index contributed by atoms with van der Waals surface area (Å²) in [4.78, 5) is 4.45. The van der Waals surface area contributed by atoms with Gasteiger partial charge in [0.1, 0.15) is 5.52 Å². The standard InChI is InChI=1S/C16H16NO4P/c1-19-22(18,20-2)11-12-7-9-13(10-8-12)16-17-14-5-3-4-6-15(14)21-16/h3-10H,11H2,1-2H3. The van der Waals surface area contributed by atoms with Gasteiger partial charge in [0.05, 0.1) is 6.16 Å². The van der Waals surface area contributed by atoms with Gasteiger partial charge in [0.2, 0.25) is 5.89 Å². The van der Waals surface area contributed by atoms with Crippen molar-refractivity contribution >= 4 is 18.7 Å². The molecule has 114 valence electrons. The van der Waals surface area contributed by atoms with Crippen molar-refractivity contribution in [1.29, 1.82) is 0 Å². The quantitative estimate of drug-likeness (QED) is 0.649. The number of fused-ring (bicyclic) bond motifs is 1. The molecule has 0 aliphatic rings. The molecule has 0 radical (unpaired) electrons. The first-order chi connectivity index (χ1) is 10.6. The summed E-state index contributed by atoms with van der Waals surface area (Å²) in [6.07, 6.45) is 0.230. The summed E-state index contributed by atoms with van der Waals surface area (Å²) in [5.41, 5.74) is 3.31. The van der Waals surface area contributed by atoms with Crippen LogP contribution in [0.2, 0.25) is 0 Å². The fraction of sp³-hybridized carbons (Fsp3) is 0.188. The average Bonchev–Trinajstić information content (AvgIpc) is 2.99. The molecule has 1 heterocycles. The van der Waals surface area contributed by atoms with Crippen LogP contribution >= 0.6 is 7.60 Å². The van der Waals surface area contributed by atoms with E-state index in [1.165, 1.54) is 14.2 Å². The van der Waals surface area contributed by atoms with Gasteiger partial charge in [-0.3, -0.25) is 4.57 Å². The minimum absolute atomic E-state index is 0.230. The molecule has 6 heteroatoms. The fourth-order valence-corrected chi connectivity index (χ4v) is 3.24. The molecular weight excluding hydrogens is 301 g/mol. The molecule has 5 nitrogen and oxygen atoms in total.